The lowest BCUT2D eigenvalue weighted by Gasteiger charge is -2.09. The summed E-state index contributed by atoms with van der Waals surface area (Å²) in [5, 5.41) is 6.42. The third-order valence-corrected chi connectivity index (χ3v) is 9.61. The maximum atomic E-state index is 6.57. The van der Waals surface area contributed by atoms with Gasteiger partial charge in [0.1, 0.15) is 39.3 Å². The van der Waals surface area contributed by atoms with Gasteiger partial charge in [-0.2, -0.15) is 0 Å². The van der Waals surface area contributed by atoms with E-state index in [0.717, 1.165) is 105 Å². The molecular formula is C43H24N2O3. The van der Waals surface area contributed by atoms with Crippen molar-refractivity contribution in [3.8, 4) is 28.2 Å². The van der Waals surface area contributed by atoms with Gasteiger partial charge in [0.05, 0.1) is 16.7 Å². The van der Waals surface area contributed by atoms with Gasteiger partial charge >= 0.3 is 0 Å². The predicted molar refractivity (Wildman–Crippen MR) is 194 cm³/mol. The van der Waals surface area contributed by atoms with E-state index in [-0.39, 0.29) is 0 Å². The third kappa shape index (κ3) is 3.64. The first kappa shape index (κ1) is 25.6. The molecule has 0 bridgehead atoms. The fourth-order valence-electron chi connectivity index (χ4n) is 7.33. The maximum absolute atomic E-state index is 6.57. The molecule has 5 heteroatoms. The lowest BCUT2D eigenvalue weighted by atomic mass is 10.0. The molecule has 0 amide bonds. The van der Waals surface area contributed by atoms with Gasteiger partial charge in [-0.3, -0.25) is 4.57 Å². The number of furan rings is 3. The van der Waals surface area contributed by atoms with Crippen molar-refractivity contribution in [2.45, 2.75) is 0 Å². The first-order chi connectivity index (χ1) is 23.7. The second kappa shape index (κ2) is 9.47. The number of aromatic nitrogens is 2. The number of imidazole rings is 1. The molecule has 0 N–H and O–H groups in total. The summed E-state index contributed by atoms with van der Waals surface area (Å²) >= 11 is 0. The number of hydrogen-bond donors (Lipinski definition) is 0. The summed E-state index contributed by atoms with van der Waals surface area (Å²) in [7, 11) is 0. The molecule has 7 aromatic carbocycles. The Morgan fingerprint density at radius 1 is 0.375 bits per heavy atom. The summed E-state index contributed by atoms with van der Waals surface area (Å²) in [4.78, 5) is 5.01. The van der Waals surface area contributed by atoms with Gasteiger partial charge in [-0.25, -0.2) is 4.98 Å². The molecule has 0 saturated heterocycles. The zero-order valence-electron chi connectivity index (χ0n) is 25.5. The van der Waals surface area contributed by atoms with E-state index in [1.807, 2.05) is 42.5 Å². The highest BCUT2D eigenvalue weighted by atomic mass is 16.3. The van der Waals surface area contributed by atoms with E-state index in [4.69, 9.17) is 18.2 Å². The fourth-order valence-corrected chi connectivity index (χ4v) is 7.33. The number of para-hydroxylation sites is 3. The van der Waals surface area contributed by atoms with Crippen LogP contribution >= 0.6 is 0 Å². The molecule has 0 fully saturated rings. The highest BCUT2D eigenvalue weighted by Crippen LogP contribution is 2.40. The van der Waals surface area contributed by atoms with Crippen LogP contribution in [0.5, 0.6) is 0 Å². The highest BCUT2D eigenvalue weighted by molar-refractivity contribution is 6.15. The van der Waals surface area contributed by atoms with Crippen LogP contribution in [0.4, 0.5) is 0 Å². The lowest BCUT2D eigenvalue weighted by Crippen LogP contribution is -1.97. The Kier molecular flexibility index (Phi) is 5.05. The number of benzene rings is 7. The molecule has 0 aliphatic rings. The highest BCUT2D eigenvalue weighted by Gasteiger charge is 2.17. The summed E-state index contributed by atoms with van der Waals surface area (Å²) in [6.07, 6.45) is 0. The molecule has 11 rings (SSSR count). The zero-order chi connectivity index (χ0) is 31.3. The Bertz CT molecular complexity index is 3070. The zero-order valence-corrected chi connectivity index (χ0v) is 25.5. The van der Waals surface area contributed by atoms with Crippen molar-refractivity contribution in [2.24, 2.45) is 0 Å². The van der Waals surface area contributed by atoms with Gasteiger partial charge in [-0.15, -0.1) is 0 Å². The van der Waals surface area contributed by atoms with Gasteiger partial charge in [-0.05, 0) is 77.9 Å². The van der Waals surface area contributed by atoms with Gasteiger partial charge in [0, 0.05) is 43.9 Å². The molecule has 4 aromatic heterocycles. The van der Waals surface area contributed by atoms with Crippen LogP contribution < -0.4 is 0 Å². The average molecular weight is 617 g/mol. The quantitative estimate of drug-likeness (QED) is 0.198. The van der Waals surface area contributed by atoms with Gasteiger partial charge in [0.25, 0.3) is 0 Å². The van der Waals surface area contributed by atoms with Crippen molar-refractivity contribution < 1.29 is 13.3 Å². The third-order valence-electron chi connectivity index (χ3n) is 9.61. The van der Waals surface area contributed by atoms with Crippen LogP contribution in [-0.4, -0.2) is 9.55 Å². The Labute approximate surface area is 272 Å². The minimum atomic E-state index is 0.836. The van der Waals surface area contributed by atoms with E-state index in [1.54, 1.807) is 0 Å². The molecule has 0 saturated carbocycles. The summed E-state index contributed by atoms with van der Waals surface area (Å²) in [5.41, 5.74) is 11.4. The molecule has 5 nitrogen and oxygen atoms in total. The molecule has 0 unspecified atom stereocenters. The first-order valence-corrected chi connectivity index (χ1v) is 16.0. The van der Waals surface area contributed by atoms with Crippen LogP contribution in [0.3, 0.4) is 0 Å². The van der Waals surface area contributed by atoms with Crippen molar-refractivity contribution in [2.75, 3.05) is 0 Å². The van der Waals surface area contributed by atoms with Gasteiger partial charge in [-0.1, -0.05) is 72.8 Å². The number of fused-ring (bicyclic) bond motifs is 10. The standard InChI is InChI=1S/C43H24N2O3/c1-2-8-25(9-3-1)43-44-35-11-5-6-12-36(35)45(43)28-16-18-31-30-17-14-27(21-39(30)48-40(31)22-28)26-15-19-38-32(20-26)34-24-41-33(23-42(34)47-38)29-10-4-7-13-37(29)46-41/h1-24H. The normalized spacial score (nSPS) is 12.2. The predicted octanol–water partition coefficient (Wildman–Crippen LogP) is 12.1. The molecule has 48 heavy (non-hydrogen) atoms. The molecule has 4 heterocycles. The molecule has 224 valence electrons. The van der Waals surface area contributed by atoms with Crippen LogP contribution in [0, 0.1) is 0 Å². The number of nitrogens with zero attached hydrogens (tertiary/aromatic N) is 2. The van der Waals surface area contributed by atoms with Crippen LogP contribution in [0.25, 0.3) is 105 Å². The fraction of sp³-hybridized carbons (Fsp3) is 0. The van der Waals surface area contributed by atoms with E-state index >= 15 is 0 Å². The lowest BCUT2D eigenvalue weighted by molar-refractivity contribution is 0.664. The summed E-state index contributed by atoms with van der Waals surface area (Å²) in [6, 6.07) is 50.2. The van der Waals surface area contributed by atoms with Crippen LogP contribution in [0.15, 0.2) is 159 Å². The topological polar surface area (TPSA) is 57.2 Å². The molecule has 0 atom stereocenters. The molecule has 0 aliphatic heterocycles. The van der Waals surface area contributed by atoms with Crippen molar-refractivity contribution >= 4 is 76.8 Å². The minimum Gasteiger partial charge on any atom is -0.456 e. The molecule has 0 spiro atoms. The molecule has 11 aromatic rings. The van der Waals surface area contributed by atoms with Gasteiger partial charge in [0.15, 0.2) is 0 Å². The Balaban J connectivity index is 1.03. The van der Waals surface area contributed by atoms with E-state index in [1.165, 1.54) is 0 Å². The van der Waals surface area contributed by atoms with Crippen molar-refractivity contribution in [1.29, 1.82) is 0 Å². The second-order valence-electron chi connectivity index (χ2n) is 12.4. The van der Waals surface area contributed by atoms with Gasteiger partial charge < -0.3 is 13.3 Å². The largest absolute Gasteiger partial charge is 0.456 e. The molecule has 0 aliphatic carbocycles. The van der Waals surface area contributed by atoms with E-state index in [2.05, 4.69) is 108 Å². The smallest absolute Gasteiger partial charge is 0.145 e. The van der Waals surface area contributed by atoms with Crippen LogP contribution in [-0.2, 0) is 0 Å². The molecule has 0 radical (unpaired) electrons. The Hall–Kier alpha value is -6.59. The van der Waals surface area contributed by atoms with Crippen molar-refractivity contribution in [3.05, 3.63) is 146 Å². The second-order valence-corrected chi connectivity index (χ2v) is 12.4. The van der Waals surface area contributed by atoms with E-state index < -0.39 is 0 Å². The summed E-state index contributed by atoms with van der Waals surface area (Å²) in [6.45, 7) is 0. The average Bonchev–Trinajstić information content (AvgIpc) is 3.89. The van der Waals surface area contributed by atoms with E-state index in [9.17, 15) is 0 Å². The van der Waals surface area contributed by atoms with Crippen LogP contribution in [0.1, 0.15) is 0 Å². The van der Waals surface area contributed by atoms with E-state index in [0.29, 0.717) is 0 Å². The Morgan fingerprint density at radius 3 is 1.83 bits per heavy atom. The first-order valence-electron chi connectivity index (χ1n) is 16.0. The monoisotopic (exact) mass is 616 g/mol. The van der Waals surface area contributed by atoms with Gasteiger partial charge in [0.2, 0.25) is 0 Å². The molecular weight excluding hydrogens is 592 g/mol. The SMILES string of the molecule is c1ccc(-c2nc3ccccc3n2-c2ccc3c(c2)oc2cc(-c4ccc5oc6cc7c(cc6c5c4)oc4ccccc47)ccc23)cc1. The number of rotatable bonds is 3. The summed E-state index contributed by atoms with van der Waals surface area (Å²) in [5.74, 6) is 0.901. The Morgan fingerprint density at radius 2 is 0.958 bits per heavy atom. The van der Waals surface area contributed by atoms with Crippen molar-refractivity contribution in [1.82, 2.24) is 9.55 Å². The number of hydrogen-bond acceptors (Lipinski definition) is 4. The van der Waals surface area contributed by atoms with Crippen LogP contribution in [0.2, 0.25) is 0 Å². The van der Waals surface area contributed by atoms with Crippen molar-refractivity contribution in [3.63, 3.8) is 0 Å². The maximum Gasteiger partial charge on any atom is 0.145 e. The minimum absolute atomic E-state index is 0.836. The summed E-state index contributed by atoms with van der Waals surface area (Å²) < 4.78 is 21.3.